The number of amides is 3. The number of nitrogens with one attached hydrogen (secondary N) is 2. The third kappa shape index (κ3) is 7.50. The molecule has 0 atom stereocenters. The zero-order valence-corrected chi connectivity index (χ0v) is 22.2. The Hall–Kier alpha value is -3.03. The van der Waals surface area contributed by atoms with Crippen molar-refractivity contribution in [2.75, 3.05) is 30.3 Å². The van der Waals surface area contributed by atoms with E-state index in [4.69, 9.17) is 9.84 Å². The minimum absolute atomic E-state index is 0.0824. The number of para-hydroxylation sites is 2. The highest BCUT2D eigenvalue weighted by Gasteiger charge is 2.27. The number of aromatic nitrogens is 2. The quantitative estimate of drug-likeness (QED) is 0.535. The first-order valence-electron chi connectivity index (χ1n) is 11.9. The van der Waals surface area contributed by atoms with E-state index in [1.165, 1.54) is 4.90 Å². The molecule has 8 heteroatoms. The molecule has 3 amide bonds. The van der Waals surface area contributed by atoms with Crippen molar-refractivity contribution in [1.29, 1.82) is 0 Å². The Morgan fingerprint density at radius 3 is 2.29 bits per heavy atom. The van der Waals surface area contributed by atoms with Crippen molar-refractivity contribution in [3.05, 3.63) is 36.0 Å². The lowest BCUT2D eigenvalue weighted by molar-refractivity contribution is -0.116. The molecule has 0 unspecified atom stereocenters. The lowest BCUT2D eigenvalue weighted by atomic mass is 9.92. The lowest BCUT2D eigenvalue weighted by Crippen LogP contribution is -2.43. The Balaban J connectivity index is 2.22. The Morgan fingerprint density at radius 1 is 1.09 bits per heavy atom. The van der Waals surface area contributed by atoms with Crippen LogP contribution in [0.15, 0.2) is 30.3 Å². The molecular formula is C26H41N5O3. The van der Waals surface area contributed by atoms with Gasteiger partial charge in [-0.15, -0.1) is 0 Å². The van der Waals surface area contributed by atoms with E-state index >= 15 is 0 Å². The second kappa shape index (κ2) is 10.9. The predicted molar refractivity (Wildman–Crippen MR) is 138 cm³/mol. The Bertz CT molecular complexity index is 983. The van der Waals surface area contributed by atoms with Crippen LogP contribution in [0, 0.1) is 5.92 Å². The van der Waals surface area contributed by atoms with Gasteiger partial charge in [0, 0.05) is 18.0 Å². The van der Waals surface area contributed by atoms with E-state index in [0.717, 1.165) is 5.69 Å². The van der Waals surface area contributed by atoms with Crippen LogP contribution in [0.2, 0.25) is 0 Å². The number of nitrogens with zero attached hydrogens (tertiary/aromatic N) is 3. The normalized spacial score (nSPS) is 11.9. The summed E-state index contributed by atoms with van der Waals surface area (Å²) in [4.78, 5) is 27.7. The van der Waals surface area contributed by atoms with Crippen LogP contribution in [0.3, 0.4) is 0 Å². The van der Waals surface area contributed by atoms with Gasteiger partial charge < -0.3 is 20.3 Å². The van der Waals surface area contributed by atoms with Crippen LogP contribution < -0.4 is 15.4 Å². The van der Waals surface area contributed by atoms with Crippen molar-refractivity contribution >= 4 is 23.4 Å². The number of hydrogen-bond acceptors (Lipinski definition) is 4. The molecule has 0 bridgehead atoms. The molecule has 188 valence electrons. The summed E-state index contributed by atoms with van der Waals surface area (Å²) in [5, 5.41) is 10.6. The summed E-state index contributed by atoms with van der Waals surface area (Å²) in [6.45, 7) is 19.1. The summed E-state index contributed by atoms with van der Waals surface area (Å²) in [6, 6.07) is 8.83. The standard InChI is InChI=1S/C26H41N5O3/c1-10-34-20-14-12-11-13-19(20)27-24(33)30(16-18(2)3)17-23(32)28-22-15-21(25(4,5)6)29-31(22)26(7,8)9/h11-15,18H,10,16-17H2,1-9H3,(H,27,33)(H,28,32). The smallest absolute Gasteiger partial charge is 0.322 e. The minimum Gasteiger partial charge on any atom is -0.492 e. The number of urea groups is 1. The van der Waals surface area contributed by atoms with E-state index in [9.17, 15) is 9.59 Å². The van der Waals surface area contributed by atoms with Crippen LogP contribution in [0.5, 0.6) is 5.75 Å². The Kier molecular flexibility index (Phi) is 8.75. The first kappa shape index (κ1) is 27.2. The average molecular weight is 472 g/mol. The van der Waals surface area contributed by atoms with Crippen molar-refractivity contribution < 1.29 is 14.3 Å². The molecule has 1 aromatic heterocycles. The van der Waals surface area contributed by atoms with Gasteiger partial charge in [0.25, 0.3) is 0 Å². The van der Waals surface area contributed by atoms with Gasteiger partial charge in [0.2, 0.25) is 5.91 Å². The molecule has 0 aliphatic carbocycles. The molecule has 0 aliphatic heterocycles. The molecule has 8 nitrogen and oxygen atoms in total. The zero-order valence-electron chi connectivity index (χ0n) is 22.2. The molecule has 2 N–H and O–H groups in total. The van der Waals surface area contributed by atoms with Crippen LogP contribution in [-0.4, -0.2) is 46.3 Å². The average Bonchev–Trinajstić information content (AvgIpc) is 3.13. The highest BCUT2D eigenvalue weighted by atomic mass is 16.5. The second-order valence-electron chi connectivity index (χ2n) is 10.9. The van der Waals surface area contributed by atoms with Crippen molar-refractivity contribution in [1.82, 2.24) is 14.7 Å². The molecule has 0 aliphatic rings. The fourth-order valence-corrected chi connectivity index (χ4v) is 3.41. The number of hydrogen-bond donors (Lipinski definition) is 2. The fraction of sp³-hybridized carbons (Fsp3) is 0.577. The van der Waals surface area contributed by atoms with E-state index in [1.54, 1.807) is 12.1 Å². The third-order valence-electron chi connectivity index (χ3n) is 5.02. The maximum atomic E-state index is 13.1. The molecule has 0 saturated carbocycles. The minimum atomic E-state index is -0.351. The zero-order chi connectivity index (χ0) is 25.7. The van der Waals surface area contributed by atoms with Crippen LogP contribution in [-0.2, 0) is 15.7 Å². The van der Waals surface area contributed by atoms with Crippen molar-refractivity contribution in [2.45, 2.75) is 73.3 Å². The highest BCUT2D eigenvalue weighted by Crippen LogP contribution is 2.28. The van der Waals surface area contributed by atoms with Crippen molar-refractivity contribution in [3.8, 4) is 5.75 Å². The SMILES string of the molecule is CCOc1ccccc1NC(=O)N(CC(=O)Nc1cc(C(C)(C)C)nn1C(C)(C)C)CC(C)C. The maximum Gasteiger partial charge on any atom is 0.322 e. The van der Waals surface area contributed by atoms with E-state index in [2.05, 4.69) is 31.4 Å². The van der Waals surface area contributed by atoms with Crippen LogP contribution >= 0.6 is 0 Å². The van der Waals surface area contributed by atoms with Gasteiger partial charge in [-0.25, -0.2) is 9.48 Å². The van der Waals surface area contributed by atoms with Crippen LogP contribution in [0.1, 0.15) is 68.0 Å². The first-order valence-corrected chi connectivity index (χ1v) is 11.9. The van der Waals surface area contributed by atoms with Gasteiger partial charge in [0.05, 0.1) is 23.5 Å². The molecule has 0 fully saturated rings. The van der Waals surface area contributed by atoms with Crippen molar-refractivity contribution in [2.24, 2.45) is 5.92 Å². The molecule has 0 saturated heterocycles. The number of ether oxygens (including phenoxy) is 1. The number of carbonyl (C=O) groups is 2. The predicted octanol–water partition coefficient (Wildman–Crippen LogP) is 5.46. The highest BCUT2D eigenvalue weighted by molar-refractivity contribution is 5.97. The molecule has 1 aromatic carbocycles. The Labute approximate surface area is 204 Å². The maximum absolute atomic E-state index is 13.1. The molecule has 1 heterocycles. The van der Waals surface area contributed by atoms with Gasteiger partial charge in [-0.3, -0.25) is 4.79 Å². The molecule has 34 heavy (non-hydrogen) atoms. The third-order valence-corrected chi connectivity index (χ3v) is 5.02. The van der Waals surface area contributed by atoms with Crippen LogP contribution in [0.4, 0.5) is 16.3 Å². The van der Waals surface area contributed by atoms with Gasteiger partial charge in [0.1, 0.15) is 18.1 Å². The molecule has 0 spiro atoms. The second-order valence-corrected chi connectivity index (χ2v) is 10.9. The van der Waals surface area contributed by atoms with Crippen molar-refractivity contribution in [3.63, 3.8) is 0 Å². The number of rotatable bonds is 8. The number of benzene rings is 1. The summed E-state index contributed by atoms with van der Waals surface area (Å²) in [5.41, 5.74) is 0.989. The lowest BCUT2D eigenvalue weighted by Gasteiger charge is -2.26. The van der Waals surface area contributed by atoms with E-state index in [0.29, 0.717) is 30.4 Å². The van der Waals surface area contributed by atoms with Gasteiger partial charge in [-0.2, -0.15) is 5.10 Å². The summed E-state index contributed by atoms with van der Waals surface area (Å²) >= 11 is 0. The van der Waals surface area contributed by atoms with Crippen LogP contribution in [0.25, 0.3) is 0 Å². The monoisotopic (exact) mass is 471 g/mol. The van der Waals surface area contributed by atoms with Gasteiger partial charge >= 0.3 is 6.03 Å². The van der Waals surface area contributed by atoms with Gasteiger partial charge in [-0.1, -0.05) is 46.8 Å². The van der Waals surface area contributed by atoms with E-state index in [1.807, 2.05) is 64.4 Å². The van der Waals surface area contributed by atoms with E-state index in [-0.39, 0.29) is 35.4 Å². The first-order chi connectivity index (χ1) is 15.7. The summed E-state index contributed by atoms with van der Waals surface area (Å²) in [7, 11) is 0. The Morgan fingerprint density at radius 2 is 1.74 bits per heavy atom. The van der Waals surface area contributed by atoms with Gasteiger partial charge in [-0.05, 0) is 45.7 Å². The molecular weight excluding hydrogens is 430 g/mol. The number of anilines is 2. The van der Waals surface area contributed by atoms with E-state index < -0.39 is 0 Å². The summed E-state index contributed by atoms with van der Waals surface area (Å²) < 4.78 is 7.44. The van der Waals surface area contributed by atoms with Gasteiger partial charge in [0.15, 0.2) is 0 Å². The molecule has 2 rings (SSSR count). The fourth-order valence-electron chi connectivity index (χ4n) is 3.41. The largest absolute Gasteiger partial charge is 0.492 e. The summed E-state index contributed by atoms with van der Waals surface area (Å²) in [5.74, 6) is 1.12. The molecule has 0 radical (unpaired) electrons. The number of carbonyl (C=O) groups excluding carboxylic acids is 2. The molecule has 2 aromatic rings. The summed E-state index contributed by atoms with van der Waals surface area (Å²) in [6.07, 6.45) is 0. The topological polar surface area (TPSA) is 88.5 Å².